The summed E-state index contributed by atoms with van der Waals surface area (Å²) in [6, 6.07) is 67.9. The van der Waals surface area contributed by atoms with E-state index in [9.17, 15) is 0 Å². The van der Waals surface area contributed by atoms with Crippen molar-refractivity contribution in [2.24, 2.45) is 0 Å². The van der Waals surface area contributed by atoms with E-state index in [-0.39, 0.29) is 31.7 Å². The minimum atomic E-state index is -0.386. The molecule has 6 aromatic carbocycles. The first kappa shape index (κ1) is 38.3. The molecule has 49 heavy (non-hydrogen) atoms. The first-order valence-corrected chi connectivity index (χ1v) is 25.6. The molecule has 2 atom stereocenters. The Hall–Kier alpha value is -1.89. The molecular formula is C42H42Cl2NiP4. The summed E-state index contributed by atoms with van der Waals surface area (Å²) in [7, 11) is 8.09. The molecule has 0 fully saturated rings. The van der Waals surface area contributed by atoms with E-state index >= 15 is 0 Å². The predicted octanol–water partition coefficient (Wildman–Crippen LogP) is 10.2. The molecule has 0 nitrogen and oxygen atoms in total. The summed E-state index contributed by atoms with van der Waals surface area (Å²) in [4.78, 5) is 0. The van der Waals surface area contributed by atoms with Crippen LogP contribution in [0.5, 0.6) is 0 Å². The number of rotatable bonds is 15. The molecule has 6 aromatic rings. The molecule has 0 saturated heterocycles. The van der Waals surface area contributed by atoms with Gasteiger partial charge >= 0.3 is 33.0 Å². The molecule has 0 heterocycles. The van der Waals surface area contributed by atoms with Gasteiger partial charge in [-0.3, -0.25) is 0 Å². The van der Waals surface area contributed by atoms with Crippen LogP contribution in [-0.2, 0) is 12.7 Å². The van der Waals surface area contributed by atoms with Gasteiger partial charge in [-0.15, -0.1) is 0 Å². The van der Waals surface area contributed by atoms with Crippen LogP contribution in [0.3, 0.4) is 0 Å². The maximum atomic E-state index is 4.70. The van der Waals surface area contributed by atoms with E-state index < -0.39 is 0 Å². The summed E-state index contributed by atoms with van der Waals surface area (Å²) >= 11 is 0.569. The number of halogens is 2. The second-order valence-corrected chi connectivity index (χ2v) is 22.6. The zero-order valence-electron chi connectivity index (χ0n) is 27.4. The van der Waals surface area contributed by atoms with Gasteiger partial charge in [0, 0.05) is 0 Å². The summed E-state index contributed by atoms with van der Waals surface area (Å²) < 4.78 is 0. The molecule has 0 radical (unpaired) electrons. The van der Waals surface area contributed by atoms with Crippen LogP contribution in [-0.4, -0.2) is 37.0 Å². The van der Waals surface area contributed by atoms with Crippen LogP contribution in [0.1, 0.15) is 0 Å². The molecule has 0 bridgehead atoms. The monoisotopic (exact) mass is 798 g/mol. The standard InChI is InChI=1S/C42H42P4.2ClH.Ni/c1-7-19-37(20-8-1)43(33-35-45(39-23-11-3-12-24-39)40-25-13-4-14-26-40)31-32-44(38-21-9-2-10-22-38)34-36-46(41-27-15-5-16-28-41)42-29-17-6-18-30-42;;;/h1-30H,31-36H2;2*1H;/q;;;+2/p-2. The molecule has 6 rings (SSSR count). The second-order valence-electron chi connectivity index (χ2n) is 11.3. The van der Waals surface area contributed by atoms with Gasteiger partial charge in [0.25, 0.3) is 0 Å². The largest absolute Gasteiger partial charge is 0.0746 e. The molecule has 0 aliphatic heterocycles. The van der Waals surface area contributed by atoms with Gasteiger partial charge in [-0.2, -0.15) is 0 Å². The number of hydrogen-bond donors (Lipinski definition) is 0. The third kappa shape index (κ3) is 12.4. The van der Waals surface area contributed by atoms with Crippen LogP contribution >= 0.6 is 52.1 Å². The Labute approximate surface area is 313 Å². The summed E-state index contributed by atoms with van der Waals surface area (Å²) in [5, 5.41) is 9.10. The smallest absolute Gasteiger partial charge is 0.0195 e. The molecule has 2 unspecified atom stereocenters. The zero-order valence-corrected chi connectivity index (χ0v) is 33.5. The van der Waals surface area contributed by atoms with Gasteiger partial charge in [-0.25, -0.2) is 0 Å². The topological polar surface area (TPSA) is 0 Å². The Morgan fingerprint density at radius 2 is 0.469 bits per heavy atom. The summed E-state index contributed by atoms with van der Waals surface area (Å²) in [6.45, 7) is 0. The van der Waals surface area contributed by atoms with Crippen LogP contribution < -0.4 is 31.8 Å². The van der Waals surface area contributed by atoms with Gasteiger partial charge in [0.2, 0.25) is 0 Å². The Morgan fingerprint density at radius 3 is 0.694 bits per heavy atom. The first-order valence-electron chi connectivity index (χ1n) is 16.4. The van der Waals surface area contributed by atoms with Gasteiger partial charge in [0.05, 0.1) is 0 Å². The third-order valence-corrected chi connectivity index (χ3v) is 19.5. The average Bonchev–Trinajstić information content (AvgIpc) is 3.18. The molecule has 0 amide bonds. The first-order chi connectivity index (χ1) is 24.3. The normalized spacial score (nSPS) is 12.3. The van der Waals surface area contributed by atoms with Crippen LogP contribution in [0.4, 0.5) is 0 Å². The van der Waals surface area contributed by atoms with Crippen molar-refractivity contribution in [3.8, 4) is 0 Å². The van der Waals surface area contributed by atoms with Crippen molar-refractivity contribution >= 4 is 83.9 Å². The molecular weight excluding hydrogens is 758 g/mol. The maximum Gasteiger partial charge on any atom is -0.0195 e. The van der Waals surface area contributed by atoms with Gasteiger partial charge in [0.1, 0.15) is 0 Å². The minimum Gasteiger partial charge on any atom is -0.0746 e. The van der Waals surface area contributed by atoms with Crippen molar-refractivity contribution in [3.63, 3.8) is 0 Å². The molecule has 0 saturated carbocycles. The van der Waals surface area contributed by atoms with Gasteiger partial charge in [0.15, 0.2) is 0 Å². The fourth-order valence-electron chi connectivity index (χ4n) is 5.95. The maximum absolute atomic E-state index is 4.70. The Balaban J connectivity index is 0.00000151. The van der Waals surface area contributed by atoms with Crippen molar-refractivity contribution in [2.45, 2.75) is 0 Å². The van der Waals surface area contributed by atoms with Crippen molar-refractivity contribution in [3.05, 3.63) is 182 Å². The van der Waals surface area contributed by atoms with Crippen molar-refractivity contribution in [2.75, 3.05) is 37.0 Å². The Morgan fingerprint density at radius 1 is 0.286 bits per heavy atom. The van der Waals surface area contributed by atoms with Crippen molar-refractivity contribution < 1.29 is 12.7 Å². The van der Waals surface area contributed by atoms with E-state index in [0.29, 0.717) is 12.7 Å². The van der Waals surface area contributed by atoms with Gasteiger partial charge in [-0.1, -0.05) is 198 Å². The van der Waals surface area contributed by atoms with Crippen LogP contribution in [0.2, 0.25) is 0 Å². The Bertz CT molecular complexity index is 1510. The average molecular weight is 800 g/mol. The molecule has 7 heteroatoms. The van der Waals surface area contributed by atoms with Gasteiger partial charge < -0.3 is 0 Å². The molecule has 0 N–H and O–H groups in total. The molecule has 0 aromatic heterocycles. The van der Waals surface area contributed by atoms with E-state index in [2.05, 4.69) is 182 Å². The van der Waals surface area contributed by atoms with E-state index in [0.717, 1.165) is 0 Å². The molecule has 254 valence electrons. The quantitative estimate of drug-likeness (QED) is 0.0717. The fourth-order valence-corrected chi connectivity index (χ4v) is 17.8. The zero-order chi connectivity index (χ0) is 33.9. The summed E-state index contributed by atoms with van der Waals surface area (Å²) in [6.07, 6.45) is 7.60. The van der Waals surface area contributed by atoms with Crippen LogP contribution in [0.25, 0.3) is 0 Å². The molecule has 0 spiro atoms. The molecule has 0 aliphatic rings. The van der Waals surface area contributed by atoms with Crippen LogP contribution in [0, 0.1) is 0 Å². The fraction of sp³-hybridized carbons (Fsp3) is 0.143. The van der Waals surface area contributed by atoms with Gasteiger partial charge in [-0.05, 0) is 84.6 Å². The van der Waals surface area contributed by atoms with Crippen molar-refractivity contribution in [1.82, 2.24) is 0 Å². The number of benzene rings is 6. The van der Waals surface area contributed by atoms with Crippen LogP contribution in [0.15, 0.2) is 182 Å². The number of hydrogen-bond acceptors (Lipinski definition) is 0. The summed E-state index contributed by atoms with van der Waals surface area (Å²) in [5.41, 5.74) is 0. The summed E-state index contributed by atoms with van der Waals surface area (Å²) in [5.74, 6) is 0. The SMILES string of the molecule is [Cl][Ni][Cl].c1ccc(P(CCP(CCP(c2ccccc2)c2ccccc2)c2ccccc2)CCP(c2ccccc2)c2ccccc2)cc1. The van der Waals surface area contributed by atoms with E-state index in [1.54, 1.807) is 10.6 Å². The third-order valence-electron chi connectivity index (χ3n) is 8.34. The van der Waals surface area contributed by atoms with E-state index in [1.165, 1.54) is 58.2 Å². The minimum absolute atomic E-state index is 0.268. The Kier molecular flexibility index (Phi) is 17.3. The van der Waals surface area contributed by atoms with Crippen molar-refractivity contribution in [1.29, 1.82) is 0 Å². The van der Waals surface area contributed by atoms with E-state index in [4.69, 9.17) is 20.4 Å². The predicted molar refractivity (Wildman–Crippen MR) is 225 cm³/mol. The second kappa shape index (κ2) is 22.1. The van der Waals surface area contributed by atoms with E-state index in [1.807, 2.05) is 0 Å². The molecule has 0 aliphatic carbocycles.